The Morgan fingerprint density at radius 2 is 1.94 bits per heavy atom. The second-order valence-electron chi connectivity index (χ2n) is 9.08. The molecule has 1 aliphatic heterocycles. The van der Waals surface area contributed by atoms with E-state index in [0.717, 1.165) is 38.3 Å². The number of amides is 2. The van der Waals surface area contributed by atoms with Crippen molar-refractivity contribution in [2.24, 2.45) is 7.05 Å². The van der Waals surface area contributed by atoms with Gasteiger partial charge in [0.25, 0.3) is 0 Å². The molecule has 0 saturated heterocycles. The van der Waals surface area contributed by atoms with E-state index in [1.54, 1.807) is 4.90 Å². The normalized spacial score (nSPS) is 16.1. The molecule has 0 fully saturated rings. The lowest BCUT2D eigenvalue weighted by molar-refractivity contribution is -0.125. The molecule has 3 aromatic rings. The van der Waals surface area contributed by atoms with E-state index in [2.05, 4.69) is 16.0 Å². The summed E-state index contributed by atoms with van der Waals surface area (Å²) in [6.07, 6.45) is 0.872. The first-order chi connectivity index (χ1) is 16.3. The minimum absolute atomic E-state index is 0.0724. The number of benzene rings is 2. The van der Waals surface area contributed by atoms with Crippen LogP contribution in [-0.4, -0.2) is 41.4 Å². The molecule has 2 aromatic carbocycles. The number of nitrogens with one attached hydrogen (secondary N) is 1. The smallest absolute Gasteiger partial charge is 0.247 e. The van der Waals surface area contributed by atoms with E-state index in [1.165, 1.54) is 11.8 Å². The van der Waals surface area contributed by atoms with Gasteiger partial charge in [-0.1, -0.05) is 36.0 Å². The zero-order valence-electron chi connectivity index (χ0n) is 20.6. The molecule has 2 amide bonds. The largest absolute Gasteiger partial charge is 0.379 e. The van der Waals surface area contributed by atoms with Crippen molar-refractivity contribution in [3.8, 4) is 0 Å². The highest BCUT2D eigenvalue weighted by atomic mass is 32.2. The standard InChI is InChI=1S/C27H33N3O3S/c1-17(2)33-14-8-13-28-26(32)25-24-21-9-6-7-10-22(21)29(5)27(24)34-16-23(31)30(25)20-12-11-18(3)19(4)15-20/h6-7,9-12,15,17,25H,8,13-14,16H2,1-5H3,(H,28,32)/t25-/m1/s1. The first-order valence-electron chi connectivity index (χ1n) is 11.8. The van der Waals surface area contributed by atoms with Gasteiger partial charge in [0.2, 0.25) is 11.8 Å². The zero-order chi connectivity index (χ0) is 24.4. The molecule has 34 heavy (non-hydrogen) atoms. The van der Waals surface area contributed by atoms with Crippen LogP contribution >= 0.6 is 11.8 Å². The van der Waals surface area contributed by atoms with Crippen LogP contribution in [0.1, 0.15) is 43.0 Å². The summed E-state index contributed by atoms with van der Waals surface area (Å²) in [5.41, 5.74) is 4.93. The van der Waals surface area contributed by atoms with Gasteiger partial charge in [-0.25, -0.2) is 0 Å². The molecule has 1 aromatic heterocycles. The van der Waals surface area contributed by atoms with Crippen LogP contribution in [0.25, 0.3) is 10.9 Å². The third-order valence-electron chi connectivity index (χ3n) is 6.31. The number of ether oxygens (including phenoxy) is 1. The molecule has 7 heteroatoms. The SMILES string of the molecule is Cc1ccc(N2C(=O)CSc3c(c4ccccc4n3C)[C@@H]2C(=O)NCCCOC(C)C)cc1C. The topological polar surface area (TPSA) is 63.6 Å². The fourth-order valence-electron chi connectivity index (χ4n) is 4.43. The highest BCUT2D eigenvalue weighted by Crippen LogP contribution is 2.43. The molecule has 2 heterocycles. The number of nitrogens with zero attached hydrogens (tertiary/aromatic N) is 2. The van der Waals surface area contributed by atoms with Crippen LogP contribution in [0.3, 0.4) is 0 Å². The quantitative estimate of drug-likeness (QED) is 0.489. The Kier molecular flexibility index (Phi) is 7.33. The maximum atomic E-state index is 13.8. The molecule has 0 spiro atoms. The van der Waals surface area contributed by atoms with Gasteiger partial charge < -0.3 is 14.6 Å². The Bertz CT molecular complexity index is 1220. The number of carbonyl (C=O) groups is 2. The second-order valence-corrected chi connectivity index (χ2v) is 10.0. The van der Waals surface area contributed by atoms with Gasteiger partial charge in [0.15, 0.2) is 0 Å². The summed E-state index contributed by atoms with van der Waals surface area (Å²) in [7, 11) is 2.00. The predicted molar refractivity (Wildman–Crippen MR) is 139 cm³/mol. The van der Waals surface area contributed by atoms with E-state index in [0.29, 0.717) is 19.6 Å². The number of fused-ring (bicyclic) bond motifs is 3. The van der Waals surface area contributed by atoms with Gasteiger partial charge in [-0.3, -0.25) is 14.5 Å². The molecule has 4 rings (SSSR count). The van der Waals surface area contributed by atoms with Crippen molar-refractivity contribution in [2.75, 3.05) is 23.8 Å². The van der Waals surface area contributed by atoms with Gasteiger partial charge >= 0.3 is 0 Å². The van der Waals surface area contributed by atoms with Gasteiger partial charge in [0, 0.05) is 42.4 Å². The molecule has 0 bridgehead atoms. The lowest BCUT2D eigenvalue weighted by atomic mass is 10.0. The summed E-state index contributed by atoms with van der Waals surface area (Å²) in [5.74, 6) is 0.0314. The lowest BCUT2D eigenvalue weighted by Crippen LogP contribution is -2.44. The Morgan fingerprint density at radius 1 is 1.18 bits per heavy atom. The lowest BCUT2D eigenvalue weighted by Gasteiger charge is -2.30. The first-order valence-corrected chi connectivity index (χ1v) is 12.8. The number of para-hydroxylation sites is 1. The predicted octanol–water partition coefficient (Wildman–Crippen LogP) is 4.91. The molecule has 0 unspecified atom stereocenters. The molecular formula is C27H33N3O3S. The van der Waals surface area contributed by atoms with Crippen LogP contribution in [0.2, 0.25) is 0 Å². The third kappa shape index (κ3) is 4.72. The number of rotatable bonds is 7. The Labute approximate surface area is 205 Å². The Balaban J connectivity index is 1.78. The summed E-state index contributed by atoms with van der Waals surface area (Å²) < 4.78 is 7.72. The van der Waals surface area contributed by atoms with Crippen molar-refractivity contribution >= 4 is 40.2 Å². The fraction of sp³-hybridized carbons (Fsp3) is 0.407. The van der Waals surface area contributed by atoms with Crippen molar-refractivity contribution in [2.45, 2.75) is 51.3 Å². The highest BCUT2D eigenvalue weighted by Gasteiger charge is 2.39. The summed E-state index contributed by atoms with van der Waals surface area (Å²) in [5, 5.41) is 5.05. The van der Waals surface area contributed by atoms with Gasteiger partial charge in [-0.2, -0.15) is 0 Å². The van der Waals surface area contributed by atoms with Crippen molar-refractivity contribution in [1.29, 1.82) is 0 Å². The zero-order valence-corrected chi connectivity index (χ0v) is 21.4. The summed E-state index contributed by atoms with van der Waals surface area (Å²) in [6, 6.07) is 13.3. The van der Waals surface area contributed by atoms with Gasteiger partial charge in [0.1, 0.15) is 6.04 Å². The fourth-order valence-corrected chi connectivity index (χ4v) is 5.50. The summed E-state index contributed by atoms with van der Waals surface area (Å²) in [6.45, 7) is 9.14. The summed E-state index contributed by atoms with van der Waals surface area (Å²) >= 11 is 1.50. The Hall–Kier alpha value is -2.77. The van der Waals surface area contributed by atoms with Gasteiger partial charge in [-0.15, -0.1) is 0 Å². The maximum Gasteiger partial charge on any atom is 0.247 e. The molecular weight excluding hydrogens is 446 g/mol. The van der Waals surface area contributed by atoms with Crippen LogP contribution < -0.4 is 10.2 Å². The molecule has 1 atom stereocenters. The van der Waals surface area contributed by atoms with E-state index < -0.39 is 6.04 Å². The number of carbonyl (C=O) groups excluding carboxylic acids is 2. The summed E-state index contributed by atoms with van der Waals surface area (Å²) in [4.78, 5) is 29.0. The van der Waals surface area contributed by atoms with Gasteiger partial charge in [-0.05, 0) is 63.4 Å². The van der Waals surface area contributed by atoms with Crippen molar-refractivity contribution in [3.63, 3.8) is 0 Å². The average Bonchev–Trinajstić information content (AvgIpc) is 2.98. The average molecular weight is 480 g/mol. The van der Waals surface area contributed by atoms with Crippen molar-refractivity contribution in [1.82, 2.24) is 9.88 Å². The van der Waals surface area contributed by atoms with E-state index in [9.17, 15) is 9.59 Å². The number of aromatic nitrogens is 1. The van der Waals surface area contributed by atoms with Crippen molar-refractivity contribution in [3.05, 3.63) is 59.2 Å². The molecule has 1 N–H and O–H groups in total. The van der Waals surface area contributed by atoms with E-state index in [-0.39, 0.29) is 23.7 Å². The van der Waals surface area contributed by atoms with Crippen LogP contribution in [-0.2, 0) is 21.4 Å². The third-order valence-corrected chi connectivity index (χ3v) is 7.47. The molecule has 0 radical (unpaired) electrons. The van der Waals surface area contributed by atoms with Crippen LogP contribution in [0.4, 0.5) is 5.69 Å². The minimum atomic E-state index is -0.753. The molecule has 0 aliphatic carbocycles. The number of hydrogen-bond acceptors (Lipinski definition) is 4. The van der Waals surface area contributed by atoms with Crippen LogP contribution in [0.15, 0.2) is 47.5 Å². The molecule has 0 saturated carbocycles. The highest BCUT2D eigenvalue weighted by molar-refractivity contribution is 8.00. The number of anilines is 1. The van der Waals surface area contributed by atoms with E-state index >= 15 is 0 Å². The number of hydrogen-bond donors (Lipinski definition) is 1. The molecule has 1 aliphatic rings. The van der Waals surface area contributed by atoms with Crippen LogP contribution in [0.5, 0.6) is 0 Å². The Morgan fingerprint density at radius 3 is 2.68 bits per heavy atom. The van der Waals surface area contributed by atoms with E-state index in [4.69, 9.17) is 4.74 Å². The minimum Gasteiger partial charge on any atom is -0.379 e. The van der Waals surface area contributed by atoms with E-state index in [1.807, 2.05) is 71.1 Å². The second kappa shape index (κ2) is 10.2. The van der Waals surface area contributed by atoms with Crippen LogP contribution in [0, 0.1) is 13.8 Å². The maximum absolute atomic E-state index is 13.8. The van der Waals surface area contributed by atoms with Gasteiger partial charge in [0.05, 0.1) is 16.9 Å². The number of thioether (sulfide) groups is 1. The molecule has 6 nitrogen and oxygen atoms in total. The number of aryl methyl sites for hydroxylation is 3. The first kappa shape index (κ1) is 24.4. The molecule has 180 valence electrons. The van der Waals surface area contributed by atoms with Crippen molar-refractivity contribution < 1.29 is 14.3 Å². The monoisotopic (exact) mass is 479 g/mol.